The lowest BCUT2D eigenvalue weighted by Crippen LogP contribution is -2.46. The number of ether oxygens (including phenoxy) is 3. The summed E-state index contributed by atoms with van der Waals surface area (Å²) in [5.74, 6) is 1.45. The molecule has 0 spiro atoms. The number of rotatable bonds is 10. The van der Waals surface area contributed by atoms with Gasteiger partial charge in [-0.15, -0.1) is 24.0 Å². The molecule has 1 fully saturated rings. The SMILES string of the molecule is CN=C(NCCCCC(=O)OC)NCC(c1ccc(OC)cc1)N1CCOCC1.I. The second-order valence-electron chi connectivity index (χ2n) is 6.85. The average molecular weight is 534 g/mol. The van der Waals surface area contributed by atoms with Crippen LogP contribution in [0.25, 0.3) is 0 Å². The van der Waals surface area contributed by atoms with Crippen LogP contribution < -0.4 is 15.4 Å². The first kappa shape index (κ1) is 26.4. The predicted molar refractivity (Wildman–Crippen MR) is 129 cm³/mol. The maximum absolute atomic E-state index is 11.2. The highest BCUT2D eigenvalue weighted by Crippen LogP contribution is 2.23. The molecule has 0 aliphatic carbocycles. The zero-order chi connectivity index (χ0) is 20.9. The van der Waals surface area contributed by atoms with Crippen LogP contribution in [0.4, 0.5) is 0 Å². The van der Waals surface area contributed by atoms with Crippen molar-refractivity contribution in [3.05, 3.63) is 29.8 Å². The molecule has 1 aromatic rings. The van der Waals surface area contributed by atoms with Crippen LogP contribution in [-0.4, -0.2) is 77.5 Å². The Kier molecular flexibility index (Phi) is 13.4. The predicted octanol–water partition coefficient (Wildman–Crippen LogP) is 2.19. The minimum atomic E-state index is -0.166. The van der Waals surface area contributed by atoms with Gasteiger partial charge in [-0.05, 0) is 30.5 Å². The molecule has 1 aliphatic heterocycles. The second-order valence-corrected chi connectivity index (χ2v) is 6.85. The molecule has 0 amide bonds. The van der Waals surface area contributed by atoms with E-state index in [1.165, 1.54) is 12.7 Å². The second kappa shape index (κ2) is 15.2. The third-order valence-corrected chi connectivity index (χ3v) is 5.00. The topological polar surface area (TPSA) is 84.4 Å². The number of aliphatic imine (C=N–C) groups is 1. The van der Waals surface area contributed by atoms with E-state index in [1.807, 2.05) is 12.1 Å². The number of carbonyl (C=O) groups excluding carboxylic acids is 1. The maximum atomic E-state index is 11.2. The number of hydrogen-bond acceptors (Lipinski definition) is 6. The molecule has 0 saturated carbocycles. The van der Waals surface area contributed by atoms with Crippen molar-refractivity contribution in [1.29, 1.82) is 0 Å². The number of benzene rings is 1. The Morgan fingerprint density at radius 1 is 1.17 bits per heavy atom. The van der Waals surface area contributed by atoms with Gasteiger partial charge in [0.1, 0.15) is 5.75 Å². The molecule has 1 aromatic carbocycles. The molecule has 2 N–H and O–H groups in total. The Morgan fingerprint density at radius 3 is 2.47 bits per heavy atom. The van der Waals surface area contributed by atoms with E-state index in [2.05, 4.69) is 37.4 Å². The molecule has 8 nitrogen and oxygen atoms in total. The van der Waals surface area contributed by atoms with E-state index < -0.39 is 0 Å². The maximum Gasteiger partial charge on any atom is 0.305 e. The fourth-order valence-corrected chi connectivity index (χ4v) is 3.29. The molecule has 0 bridgehead atoms. The van der Waals surface area contributed by atoms with E-state index in [1.54, 1.807) is 14.2 Å². The minimum absolute atomic E-state index is 0. The highest BCUT2D eigenvalue weighted by molar-refractivity contribution is 14.0. The zero-order valence-corrected chi connectivity index (χ0v) is 20.5. The van der Waals surface area contributed by atoms with Crippen molar-refractivity contribution in [2.75, 3.05) is 60.7 Å². The minimum Gasteiger partial charge on any atom is -0.497 e. The average Bonchev–Trinajstić information content (AvgIpc) is 2.78. The Labute approximate surface area is 196 Å². The molecular formula is C21H35IN4O4. The lowest BCUT2D eigenvalue weighted by Gasteiger charge is -2.35. The number of guanidine groups is 1. The molecule has 30 heavy (non-hydrogen) atoms. The molecular weight excluding hydrogens is 499 g/mol. The third kappa shape index (κ3) is 9.05. The van der Waals surface area contributed by atoms with E-state index >= 15 is 0 Å². The van der Waals surface area contributed by atoms with E-state index in [0.29, 0.717) is 6.42 Å². The summed E-state index contributed by atoms with van der Waals surface area (Å²) < 4.78 is 15.5. The molecule has 9 heteroatoms. The van der Waals surface area contributed by atoms with Crippen LogP contribution in [0.3, 0.4) is 0 Å². The lowest BCUT2D eigenvalue weighted by molar-refractivity contribution is -0.140. The highest BCUT2D eigenvalue weighted by atomic mass is 127. The first-order chi connectivity index (χ1) is 14.2. The van der Waals surface area contributed by atoms with Crippen LogP contribution in [0.1, 0.15) is 30.9 Å². The summed E-state index contributed by atoms with van der Waals surface area (Å²) in [7, 11) is 4.86. The first-order valence-electron chi connectivity index (χ1n) is 10.1. The van der Waals surface area contributed by atoms with Crippen molar-refractivity contribution in [1.82, 2.24) is 15.5 Å². The Bertz CT molecular complexity index is 636. The number of nitrogens with one attached hydrogen (secondary N) is 2. The Balaban J connectivity index is 0.00000450. The molecule has 1 heterocycles. The van der Waals surface area contributed by atoms with Crippen LogP contribution in [0.2, 0.25) is 0 Å². The largest absolute Gasteiger partial charge is 0.497 e. The summed E-state index contributed by atoms with van der Waals surface area (Å²) in [6.07, 6.45) is 2.11. The quantitative estimate of drug-likeness (QED) is 0.157. The standard InChI is InChI=1S/C21H34N4O4.HI/c1-22-21(23-11-5-4-6-20(26)28-3)24-16-19(25-12-14-29-15-13-25)17-7-9-18(27-2)10-8-17;/h7-10,19H,4-6,11-16H2,1-3H3,(H2,22,23,24);1H. The molecule has 2 rings (SSSR count). The summed E-state index contributed by atoms with van der Waals surface area (Å²) in [4.78, 5) is 17.9. The van der Waals surface area contributed by atoms with E-state index in [-0.39, 0.29) is 36.0 Å². The molecule has 170 valence electrons. The lowest BCUT2D eigenvalue weighted by atomic mass is 10.0. The van der Waals surface area contributed by atoms with Crippen molar-refractivity contribution >= 4 is 35.9 Å². The molecule has 1 aliphatic rings. The normalized spacial score (nSPS) is 15.6. The number of esters is 1. The van der Waals surface area contributed by atoms with Crippen LogP contribution >= 0.6 is 24.0 Å². The van der Waals surface area contributed by atoms with Gasteiger partial charge in [0.25, 0.3) is 0 Å². The summed E-state index contributed by atoms with van der Waals surface area (Å²) in [5, 5.41) is 6.75. The number of hydrogen-bond donors (Lipinski definition) is 2. The summed E-state index contributed by atoms with van der Waals surface area (Å²) in [6.45, 7) is 4.78. The van der Waals surface area contributed by atoms with Crippen molar-refractivity contribution in [2.24, 2.45) is 4.99 Å². The summed E-state index contributed by atoms with van der Waals surface area (Å²) >= 11 is 0. The Hall–Kier alpha value is -1.59. The van der Waals surface area contributed by atoms with Crippen LogP contribution in [0.5, 0.6) is 5.75 Å². The molecule has 1 unspecified atom stereocenters. The number of methoxy groups -OCH3 is 2. The number of halogens is 1. The number of nitrogens with zero attached hydrogens (tertiary/aromatic N) is 2. The van der Waals surface area contributed by atoms with E-state index in [9.17, 15) is 4.79 Å². The van der Waals surface area contributed by atoms with Gasteiger partial charge in [-0.2, -0.15) is 0 Å². The first-order valence-corrected chi connectivity index (χ1v) is 10.1. The van der Waals surface area contributed by atoms with Gasteiger partial charge in [0.15, 0.2) is 5.96 Å². The fourth-order valence-electron chi connectivity index (χ4n) is 3.29. The van der Waals surface area contributed by atoms with Crippen LogP contribution in [0.15, 0.2) is 29.3 Å². The van der Waals surface area contributed by atoms with Gasteiger partial charge in [-0.25, -0.2) is 0 Å². The molecule has 0 radical (unpaired) electrons. The van der Waals surface area contributed by atoms with Gasteiger partial charge >= 0.3 is 5.97 Å². The van der Waals surface area contributed by atoms with Gasteiger partial charge < -0.3 is 24.8 Å². The van der Waals surface area contributed by atoms with Crippen molar-refractivity contribution in [3.8, 4) is 5.75 Å². The highest BCUT2D eigenvalue weighted by Gasteiger charge is 2.23. The van der Waals surface area contributed by atoms with E-state index in [4.69, 9.17) is 9.47 Å². The smallest absolute Gasteiger partial charge is 0.305 e. The van der Waals surface area contributed by atoms with E-state index in [0.717, 1.165) is 63.9 Å². The molecule has 1 saturated heterocycles. The number of carbonyl (C=O) groups is 1. The van der Waals surface area contributed by atoms with Gasteiger partial charge in [0.2, 0.25) is 0 Å². The van der Waals surface area contributed by atoms with Gasteiger partial charge in [0.05, 0.1) is 33.5 Å². The monoisotopic (exact) mass is 534 g/mol. The van der Waals surface area contributed by atoms with Crippen LogP contribution in [-0.2, 0) is 14.3 Å². The third-order valence-electron chi connectivity index (χ3n) is 5.00. The van der Waals surface area contributed by atoms with Crippen molar-refractivity contribution in [2.45, 2.75) is 25.3 Å². The summed E-state index contributed by atoms with van der Waals surface area (Å²) in [6, 6.07) is 8.43. The van der Waals surface area contributed by atoms with Gasteiger partial charge in [-0.1, -0.05) is 12.1 Å². The van der Waals surface area contributed by atoms with Gasteiger partial charge in [-0.3, -0.25) is 14.7 Å². The number of morpholine rings is 1. The molecule has 0 aromatic heterocycles. The van der Waals surface area contributed by atoms with Crippen molar-refractivity contribution < 1.29 is 19.0 Å². The van der Waals surface area contributed by atoms with Crippen molar-refractivity contribution in [3.63, 3.8) is 0 Å². The van der Waals surface area contributed by atoms with Gasteiger partial charge in [0, 0.05) is 39.6 Å². The molecule has 1 atom stereocenters. The summed E-state index contributed by atoms with van der Waals surface area (Å²) in [5.41, 5.74) is 1.23. The number of unbranched alkanes of at least 4 members (excludes halogenated alkanes) is 1. The fraction of sp³-hybridized carbons (Fsp3) is 0.619. The Morgan fingerprint density at radius 2 is 1.87 bits per heavy atom. The zero-order valence-electron chi connectivity index (χ0n) is 18.2. The van der Waals surface area contributed by atoms with Crippen LogP contribution in [0, 0.1) is 0 Å².